The lowest BCUT2D eigenvalue weighted by Crippen LogP contribution is -2.31. The van der Waals surface area contributed by atoms with Crippen molar-refractivity contribution in [3.8, 4) is 0 Å². The second kappa shape index (κ2) is 7.23. The van der Waals surface area contributed by atoms with E-state index in [0.29, 0.717) is 17.0 Å². The highest BCUT2D eigenvalue weighted by Gasteiger charge is 2.44. The predicted octanol–water partition coefficient (Wildman–Crippen LogP) is 3.91. The third kappa shape index (κ3) is 4.37. The highest BCUT2D eigenvalue weighted by Crippen LogP contribution is 2.47. The van der Waals surface area contributed by atoms with Crippen molar-refractivity contribution in [3.63, 3.8) is 0 Å². The van der Waals surface area contributed by atoms with Gasteiger partial charge in [-0.15, -0.1) is 0 Å². The molecule has 0 radical (unpaired) electrons. The van der Waals surface area contributed by atoms with Crippen LogP contribution in [-0.4, -0.2) is 17.0 Å². The van der Waals surface area contributed by atoms with Gasteiger partial charge in [0.2, 0.25) is 5.91 Å². The van der Waals surface area contributed by atoms with Gasteiger partial charge in [0.15, 0.2) is 0 Å². The monoisotopic (exact) mass is 361 g/mol. The fourth-order valence-electron chi connectivity index (χ4n) is 2.96. The first kappa shape index (κ1) is 17.4. The summed E-state index contributed by atoms with van der Waals surface area (Å²) in [4.78, 5) is 23.6. The molecule has 6 heteroatoms. The molecule has 0 spiro atoms. The number of benzene rings is 2. The van der Waals surface area contributed by atoms with E-state index in [2.05, 4.69) is 5.32 Å². The number of aliphatic carboxylic acids is 1. The number of carboxylic acids is 1. The van der Waals surface area contributed by atoms with Crippen LogP contribution in [0, 0.1) is 11.7 Å². The molecule has 25 heavy (non-hydrogen) atoms. The molecule has 0 heterocycles. The SMILES string of the molecule is O=C(O)C[C@H](NC(=O)[C@@H]1C[C@@H]1c1ccc(F)cc1)c1ccc(Cl)cc1. The molecule has 1 fully saturated rings. The maximum atomic E-state index is 13.0. The lowest BCUT2D eigenvalue weighted by molar-refractivity contribution is -0.137. The number of halogens is 2. The van der Waals surface area contributed by atoms with Crippen molar-refractivity contribution in [2.45, 2.75) is 24.8 Å². The van der Waals surface area contributed by atoms with E-state index in [1.807, 2.05) is 0 Å². The van der Waals surface area contributed by atoms with Gasteiger partial charge in [-0.25, -0.2) is 4.39 Å². The Bertz CT molecular complexity index is 776. The Balaban J connectivity index is 1.67. The first-order valence-electron chi connectivity index (χ1n) is 7.97. The molecule has 2 N–H and O–H groups in total. The lowest BCUT2D eigenvalue weighted by atomic mass is 10.0. The fourth-order valence-corrected chi connectivity index (χ4v) is 3.09. The van der Waals surface area contributed by atoms with Gasteiger partial charge in [-0.05, 0) is 47.7 Å². The molecule has 130 valence electrons. The van der Waals surface area contributed by atoms with E-state index in [9.17, 15) is 14.0 Å². The van der Waals surface area contributed by atoms with Crippen LogP contribution in [0.1, 0.15) is 35.9 Å². The van der Waals surface area contributed by atoms with Crippen molar-refractivity contribution in [2.24, 2.45) is 5.92 Å². The van der Waals surface area contributed by atoms with Gasteiger partial charge in [-0.3, -0.25) is 9.59 Å². The molecule has 0 saturated heterocycles. The number of hydrogen-bond acceptors (Lipinski definition) is 2. The molecule has 3 rings (SSSR count). The smallest absolute Gasteiger partial charge is 0.305 e. The Hall–Kier alpha value is -2.40. The quantitative estimate of drug-likeness (QED) is 0.819. The van der Waals surface area contributed by atoms with Gasteiger partial charge in [0.1, 0.15) is 5.82 Å². The Morgan fingerprint density at radius 3 is 2.40 bits per heavy atom. The second-order valence-electron chi connectivity index (χ2n) is 6.21. The zero-order valence-corrected chi connectivity index (χ0v) is 14.0. The molecule has 1 aliphatic carbocycles. The zero-order chi connectivity index (χ0) is 18.0. The van der Waals surface area contributed by atoms with Crippen molar-refractivity contribution >= 4 is 23.5 Å². The normalized spacial score (nSPS) is 19.9. The molecule has 1 aliphatic rings. The van der Waals surface area contributed by atoms with Crippen LogP contribution in [0.15, 0.2) is 48.5 Å². The summed E-state index contributed by atoms with van der Waals surface area (Å²) in [6, 6.07) is 12.3. The summed E-state index contributed by atoms with van der Waals surface area (Å²) in [7, 11) is 0. The molecule has 0 aliphatic heterocycles. The summed E-state index contributed by atoms with van der Waals surface area (Å²) in [5.41, 5.74) is 1.61. The molecular weight excluding hydrogens is 345 g/mol. The Kier molecular flexibility index (Phi) is 5.04. The molecular formula is C19H17ClFNO3. The number of carbonyl (C=O) groups is 2. The van der Waals surface area contributed by atoms with Crippen molar-refractivity contribution in [3.05, 3.63) is 70.5 Å². The summed E-state index contributed by atoms with van der Waals surface area (Å²) < 4.78 is 13.0. The summed E-state index contributed by atoms with van der Waals surface area (Å²) in [5, 5.41) is 12.5. The minimum absolute atomic E-state index is 0.0521. The second-order valence-corrected chi connectivity index (χ2v) is 6.65. The lowest BCUT2D eigenvalue weighted by Gasteiger charge is -2.17. The molecule has 0 bridgehead atoms. The Labute approximate surface area is 149 Å². The van der Waals surface area contributed by atoms with Gasteiger partial charge in [0.05, 0.1) is 12.5 Å². The van der Waals surface area contributed by atoms with E-state index in [4.69, 9.17) is 16.7 Å². The molecule has 4 nitrogen and oxygen atoms in total. The van der Waals surface area contributed by atoms with E-state index >= 15 is 0 Å². The fraction of sp³-hybridized carbons (Fsp3) is 0.263. The molecule has 2 aromatic carbocycles. The first-order valence-corrected chi connectivity index (χ1v) is 8.35. The zero-order valence-electron chi connectivity index (χ0n) is 13.3. The van der Waals surface area contributed by atoms with E-state index in [1.165, 1.54) is 12.1 Å². The van der Waals surface area contributed by atoms with Crippen LogP contribution in [0.5, 0.6) is 0 Å². The van der Waals surface area contributed by atoms with Crippen molar-refractivity contribution in [2.75, 3.05) is 0 Å². The van der Waals surface area contributed by atoms with Gasteiger partial charge in [-0.2, -0.15) is 0 Å². The molecule has 0 unspecified atom stereocenters. The number of carboxylic acid groups (broad SMARTS) is 1. The molecule has 0 aromatic heterocycles. The number of hydrogen-bond donors (Lipinski definition) is 2. The largest absolute Gasteiger partial charge is 0.481 e. The van der Waals surface area contributed by atoms with Crippen LogP contribution in [0.3, 0.4) is 0 Å². The number of amides is 1. The maximum Gasteiger partial charge on any atom is 0.305 e. The van der Waals surface area contributed by atoms with Crippen molar-refractivity contribution in [1.29, 1.82) is 0 Å². The van der Waals surface area contributed by atoms with Crippen LogP contribution in [0.2, 0.25) is 5.02 Å². The topological polar surface area (TPSA) is 66.4 Å². The molecule has 2 aromatic rings. The van der Waals surface area contributed by atoms with Crippen LogP contribution < -0.4 is 5.32 Å². The number of rotatable bonds is 6. The summed E-state index contributed by atoms with van der Waals surface area (Å²) in [5.74, 6) is -1.65. The van der Waals surface area contributed by atoms with E-state index in [0.717, 1.165) is 5.56 Å². The van der Waals surface area contributed by atoms with E-state index in [1.54, 1.807) is 36.4 Å². The predicted molar refractivity (Wildman–Crippen MR) is 91.8 cm³/mol. The molecule has 3 atom stereocenters. The van der Waals surface area contributed by atoms with Crippen LogP contribution in [0.25, 0.3) is 0 Å². The van der Waals surface area contributed by atoms with Crippen molar-refractivity contribution in [1.82, 2.24) is 5.32 Å². The summed E-state index contributed by atoms with van der Waals surface area (Å²) in [6.45, 7) is 0. The third-order valence-electron chi connectivity index (χ3n) is 4.39. The maximum absolute atomic E-state index is 13.0. The minimum atomic E-state index is -0.994. The highest BCUT2D eigenvalue weighted by atomic mass is 35.5. The number of carbonyl (C=O) groups excluding carboxylic acids is 1. The highest BCUT2D eigenvalue weighted by molar-refractivity contribution is 6.30. The van der Waals surface area contributed by atoms with Crippen LogP contribution in [-0.2, 0) is 9.59 Å². The molecule has 1 amide bonds. The average molecular weight is 362 g/mol. The number of nitrogens with one attached hydrogen (secondary N) is 1. The van der Waals surface area contributed by atoms with E-state index in [-0.39, 0.29) is 30.0 Å². The van der Waals surface area contributed by atoms with Crippen LogP contribution >= 0.6 is 11.6 Å². The third-order valence-corrected chi connectivity index (χ3v) is 4.64. The Morgan fingerprint density at radius 1 is 1.16 bits per heavy atom. The minimum Gasteiger partial charge on any atom is -0.481 e. The van der Waals surface area contributed by atoms with E-state index < -0.39 is 12.0 Å². The van der Waals surface area contributed by atoms with Gasteiger partial charge in [-0.1, -0.05) is 35.9 Å². The van der Waals surface area contributed by atoms with Crippen LogP contribution in [0.4, 0.5) is 4.39 Å². The van der Waals surface area contributed by atoms with Gasteiger partial charge in [0.25, 0.3) is 0 Å². The molecule has 1 saturated carbocycles. The summed E-state index contributed by atoms with van der Waals surface area (Å²) >= 11 is 5.86. The first-order chi connectivity index (χ1) is 11.9. The average Bonchev–Trinajstić information content (AvgIpc) is 3.36. The standard InChI is InChI=1S/C19H17ClFNO3/c20-13-5-1-12(2-6-13)17(10-18(23)24)22-19(25)16-9-15(16)11-3-7-14(21)8-4-11/h1-8,15-17H,9-10H2,(H,22,25)(H,23,24)/t15-,16-,17+/m1/s1. The summed E-state index contributed by atoms with van der Waals surface area (Å²) in [6.07, 6.45) is 0.471. The van der Waals surface area contributed by atoms with Gasteiger partial charge in [0, 0.05) is 10.9 Å². The van der Waals surface area contributed by atoms with Gasteiger partial charge >= 0.3 is 5.97 Å². The van der Waals surface area contributed by atoms with Crippen molar-refractivity contribution < 1.29 is 19.1 Å². The van der Waals surface area contributed by atoms with Gasteiger partial charge < -0.3 is 10.4 Å². The Morgan fingerprint density at radius 2 is 1.80 bits per heavy atom.